The van der Waals surface area contributed by atoms with Crippen molar-refractivity contribution < 1.29 is 14.1 Å². The molecule has 0 saturated carbocycles. The topological polar surface area (TPSA) is 71.7 Å². The van der Waals surface area contributed by atoms with Crippen LogP contribution in [0.25, 0.3) is 0 Å². The largest absolute Gasteiger partial charge is 0.371 e. The standard InChI is InChI=1S/C20H26N4O3/c1-15-18(16(2)27-22-15)19(25)24-11-12-26-20(14-24)6-9-23(10-7-20)13-17-5-3-4-8-21-17/h3-5,8H,6-7,9-14H2,1-2H3. The highest BCUT2D eigenvalue weighted by molar-refractivity contribution is 5.96. The number of rotatable bonds is 3. The van der Waals surface area contributed by atoms with Crippen molar-refractivity contribution >= 4 is 5.91 Å². The number of hydrogen-bond acceptors (Lipinski definition) is 6. The van der Waals surface area contributed by atoms with Crippen molar-refractivity contribution in [2.45, 2.75) is 38.8 Å². The molecule has 2 aromatic heterocycles. The van der Waals surface area contributed by atoms with Crippen LogP contribution in [-0.2, 0) is 11.3 Å². The number of pyridine rings is 1. The second kappa shape index (κ2) is 7.40. The molecule has 1 amide bonds. The van der Waals surface area contributed by atoms with Crippen molar-refractivity contribution in [3.63, 3.8) is 0 Å². The molecule has 0 bridgehead atoms. The molecule has 7 heteroatoms. The van der Waals surface area contributed by atoms with Crippen molar-refractivity contribution in [1.82, 2.24) is 19.9 Å². The second-order valence-corrected chi connectivity index (χ2v) is 7.55. The normalized spacial score (nSPS) is 20.1. The first kappa shape index (κ1) is 18.1. The summed E-state index contributed by atoms with van der Waals surface area (Å²) in [5, 5.41) is 3.92. The number of ether oxygens (including phenoxy) is 1. The van der Waals surface area contributed by atoms with Crippen LogP contribution in [0.15, 0.2) is 28.9 Å². The predicted molar refractivity (Wildman–Crippen MR) is 99.3 cm³/mol. The Balaban J connectivity index is 1.39. The van der Waals surface area contributed by atoms with Crippen LogP contribution in [0.3, 0.4) is 0 Å². The van der Waals surface area contributed by atoms with Crippen molar-refractivity contribution in [1.29, 1.82) is 0 Å². The molecular formula is C20H26N4O3. The Hall–Kier alpha value is -2.25. The van der Waals surface area contributed by atoms with E-state index in [4.69, 9.17) is 9.26 Å². The first-order valence-electron chi connectivity index (χ1n) is 9.55. The minimum atomic E-state index is -0.243. The van der Waals surface area contributed by atoms with E-state index in [0.717, 1.165) is 38.2 Å². The third-order valence-electron chi connectivity index (χ3n) is 5.66. The Morgan fingerprint density at radius 2 is 2.04 bits per heavy atom. The molecule has 0 aromatic carbocycles. The first-order valence-corrected chi connectivity index (χ1v) is 9.55. The van der Waals surface area contributed by atoms with Crippen LogP contribution in [0.1, 0.15) is 40.3 Å². The van der Waals surface area contributed by atoms with Crippen LogP contribution in [0, 0.1) is 13.8 Å². The van der Waals surface area contributed by atoms with Gasteiger partial charge in [0.05, 0.1) is 30.1 Å². The maximum absolute atomic E-state index is 13.0. The molecule has 4 heterocycles. The van der Waals surface area contributed by atoms with Gasteiger partial charge in [-0.3, -0.25) is 14.7 Å². The number of amides is 1. The SMILES string of the molecule is Cc1noc(C)c1C(=O)N1CCOC2(CCN(Cc3ccccn3)CC2)C1. The lowest BCUT2D eigenvalue weighted by Crippen LogP contribution is -2.58. The smallest absolute Gasteiger partial charge is 0.259 e. The highest BCUT2D eigenvalue weighted by atomic mass is 16.5. The summed E-state index contributed by atoms with van der Waals surface area (Å²) in [7, 11) is 0. The Labute approximate surface area is 159 Å². The molecule has 1 spiro atoms. The number of likely N-dealkylation sites (tertiary alicyclic amines) is 1. The molecule has 2 saturated heterocycles. The van der Waals surface area contributed by atoms with E-state index in [1.54, 1.807) is 6.92 Å². The molecule has 2 aromatic rings. The van der Waals surface area contributed by atoms with Gasteiger partial charge in [-0.1, -0.05) is 11.2 Å². The third-order valence-corrected chi connectivity index (χ3v) is 5.66. The van der Waals surface area contributed by atoms with Crippen molar-refractivity contribution in [3.8, 4) is 0 Å². The highest BCUT2D eigenvalue weighted by Crippen LogP contribution is 2.31. The average molecular weight is 370 g/mol. The molecular weight excluding hydrogens is 344 g/mol. The van der Waals surface area contributed by atoms with Gasteiger partial charge in [0.1, 0.15) is 11.3 Å². The number of hydrogen-bond donors (Lipinski definition) is 0. The van der Waals surface area contributed by atoms with Gasteiger partial charge in [0.15, 0.2) is 0 Å². The maximum atomic E-state index is 13.0. The third kappa shape index (κ3) is 3.75. The van der Waals surface area contributed by atoms with Crippen LogP contribution >= 0.6 is 0 Å². The van der Waals surface area contributed by atoms with E-state index in [0.29, 0.717) is 36.7 Å². The van der Waals surface area contributed by atoms with Gasteiger partial charge >= 0.3 is 0 Å². The van der Waals surface area contributed by atoms with Gasteiger partial charge in [-0.25, -0.2) is 0 Å². The van der Waals surface area contributed by atoms with Gasteiger partial charge < -0.3 is 14.2 Å². The summed E-state index contributed by atoms with van der Waals surface area (Å²) >= 11 is 0. The zero-order valence-corrected chi connectivity index (χ0v) is 16.0. The summed E-state index contributed by atoms with van der Waals surface area (Å²) in [6, 6.07) is 6.02. The predicted octanol–water partition coefficient (Wildman–Crippen LogP) is 2.19. The summed E-state index contributed by atoms with van der Waals surface area (Å²) in [6.07, 6.45) is 3.68. The summed E-state index contributed by atoms with van der Waals surface area (Å²) in [6.45, 7) is 8.19. The number of carbonyl (C=O) groups excluding carboxylic acids is 1. The number of nitrogens with zero attached hydrogens (tertiary/aromatic N) is 4. The number of carbonyl (C=O) groups is 1. The van der Waals surface area contributed by atoms with Crippen molar-refractivity contribution in [3.05, 3.63) is 47.1 Å². The number of piperidine rings is 1. The molecule has 0 unspecified atom stereocenters. The zero-order chi connectivity index (χ0) is 18.9. The number of morpholine rings is 1. The molecule has 27 heavy (non-hydrogen) atoms. The summed E-state index contributed by atoms with van der Waals surface area (Å²) in [4.78, 5) is 21.7. The quantitative estimate of drug-likeness (QED) is 0.825. The van der Waals surface area contributed by atoms with E-state index in [9.17, 15) is 4.79 Å². The lowest BCUT2D eigenvalue weighted by molar-refractivity contribution is -0.128. The average Bonchev–Trinajstić information content (AvgIpc) is 3.02. The fraction of sp³-hybridized carbons (Fsp3) is 0.550. The molecule has 0 N–H and O–H groups in total. The van der Waals surface area contributed by atoms with Crippen LogP contribution in [0.5, 0.6) is 0 Å². The monoisotopic (exact) mass is 370 g/mol. The van der Waals surface area contributed by atoms with Crippen LogP contribution in [0.2, 0.25) is 0 Å². The number of aryl methyl sites for hydroxylation is 2. The lowest BCUT2D eigenvalue weighted by Gasteiger charge is -2.47. The Morgan fingerprint density at radius 3 is 2.70 bits per heavy atom. The number of aromatic nitrogens is 2. The van der Waals surface area contributed by atoms with Crippen molar-refractivity contribution in [2.75, 3.05) is 32.8 Å². The molecule has 2 fully saturated rings. The molecule has 7 nitrogen and oxygen atoms in total. The van der Waals surface area contributed by atoms with E-state index in [-0.39, 0.29) is 11.5 Å². The first-order chi connectivity index (χ1) is 13.1. The fourth-order valence-electron chi connectivity index (χ4n) is 4.11. The van der Waals surface area contributed by atoms with Crippen molar-refractivity contribution in [2.24, 2.45) is 0 Å². The molecule has 0 aliphatic carbocycles. The zero-order valence-electron chi connectivity index (χ0n) is 16.0. The van der Waals surface area contributed by atoms with Gasteiger partial charge in [-0.05, 0) is 38.8 Å². The minimum absolute atomic E-state index is 0.00448. The Kier molecular flexibility index (Phi) is 4.97. The van der Waals surface area contributed by atoms with Crippen LogP contribution in [0.4, 0.5) is 0 Å². The molecule has 0 radical (unpaired) electrons. The Bertz CT molecular complexity index is 777. The van der Waals surface area contributed by atoms with Gasteiger partial charge in [-0.15, -0.1) is 0 Å². The van der Waals surface area contributed by atoms with Crippen LogP contribution in [-0.4, -0.2) is 64.2 Å². The molecule has 2 aliphatic rings. The summed E-state index contributed by atoms with van der Waals surface area (Å²) in [5.41, 5.74) is 2.10. The van der Waals surface area contributed by atoms with E-state index in [2.05, 4.69) is 21.1 Å². The fourth-order valence-corrected chi connectivity index (χ4v) is 4.11. The van der Waals surface area contributed by atoms with E-state index >= 15 is 0 Å². The van der Waals surface area contributed by atoms with Gasteiger partial charge in [-0.2, -0.15) is 0 Å². The lowest BCUT2D eigenvalue weighted by atomic mass is 9.89. The van der Waals surface area contributed by atoms with Crippen LogP contribution < -0.4 is 0 Å². The van der Waals surface area contributed by atoms with E-state index in [1.807, 2.05) is 30.2 Å². The van der Waals surface area contributed by atoms with Gasteiger partial charge in [0, 0.05) is 32.4 Å². The Morgan fingerprint density at radius 1 is 1.22 bits per heavy atom. The highest BCUT2D eigenvalue weighted by Gasteiger charge is 2.41. The summed E-state index contributed by atoms with van der Waals surface area (Å²) < 4.78 is 11.4. The molecule has 144 valence electrons. The molecule has 4 rings (SSSR count). The van der Waals surface area contributed by atoms with E-state index in [1.165, 1.54) is 0 Å². The van der Waals surface area contributed by atoms with Gasteiger partial charge in [0.25, 0.3) is 5.91 Å². The summed E-state index contributed by atoms with van der Waals surface area (Å²) in [5.74, 6) is 0.591. The second-order valence-electron chi connectivity index (χ2n) is 7.55. The minimum Gasteiger partial charge on any atom is -0.371 e. The molecule has 2 aliphatic heterocycles. The molecule has 0 atom stereocenters. The van der Waals surface area contributed by atoms with Gasteiger partial charge in [0.2, 0.25) is 0 Å². The van der Waals surface area contributed by atoms with E-state index < -0.39 is 0 Å². The maximum Gasteiger partial charge on any atom is 0.259 e.